The molecule has 2 rings (SSSR count). The number of benzene rings is 1. The molecule has 7 heteroatoms. The molecule has 1 fully saturated rings. The molecule has 1 aromatic carbocycles. The first kappa shape index (κ1) is 21.5. The molecule has 0 amide bonds. The van der Waals surface area contributed by atoms with Gasteiger partial charge in [-0.1, -0.05) is 29.8 Å². The number of rotatable bonds is 6. The molecular weight excluding hydrogens is 396 g/mol. The fourth-order valence-electron chi connectivity index (χ4n) is 3.22. The van der Waals surface area contributed by atoms with E-state index >= 15 is 0 Å². The summed E-state index contributed by atoms with van der Waals surface area (Å²) in [5, 5.41) is 13.3. The van der Waals surface area contributed by atoms with Crippen LogP contribution in [0.1, 0.15) is 25.5 Å². The van der Waals surface area contributed by atoms with Gasteiger partial charge in [0.15, 0.2) is 11.5 Å². The van der Waals surface area contributed by atoms with Gasteiger partial charge in [0.25, 0.3) is 0 Å². The van der Waals surface area contributed by atoms with E-state index in [1.54, 1.807) is 14.2 Å². The summed E-state index contributed by atoms with van der Waals surface area (Å²) in [4.78, 5) is 2.43. The van der Waals surface area contributed by atoms with Crippen molar-refractivity contribution in [1.29, 1.82) is 0 Å². The molecule has 0 spiro atoms. The number of hydrogen-bond donors (Lipinski definition) is 2. The Morgan fingerprint density at radius 2 is 1.75 bits per heavy atom. The minimum absolute atomic E-state index is 0. The third kappa shape index (κ3) is 4.55. The van der Waals surface area contributed by atoms with Gasteiger partial charge in [0.1, 0.15) is 0 Å². The summed E-state index contributed by atoms with van der Waals surface area (Å²) in [5.74, 6) is 1.41. The first-order valence-corrected chi connectivity index (χ1v) is 8.71. The van der Waals surface area contributed by atoms with Crippen molar-refractivity contribution < 1.29 is 14.6 Å². The lowest BCUT2D eigenvalue weighted by molar-refractivity contribution is 0.0300. The average Bonchev–Trinajstić information content (AvgIpc) is 2.57. The van der Waals surface area contributed by atoms with Crippen LogP contribution in [0.25, 0.3) is 0 Å². The maximum absolute atomic E-state index is 9.96. The largest absolute Gasteiger partial charge is 0.493 e. The lowest BCUT2D eigenvalue weighted by Crippen LogP contribution is -2.49. The van der Waals surface area contributed by atoms with Crippen LogP contribution in [0.3, 0.4) is 0 Å². The smallest absolute Gasteiger partial charge is 0.161 e. The molecule has 0 aromatic heterocycles. The van der Waals surface area contributed by atoms with Crippen LogP contribution in [0.5, 0.6) is 11.5 Å². The second-order valence-corrected chi connectivity index (χ2v) is 7.42. The predicted octanol–water partition coefficient (Wildman–Crippen LogP) is 2.85. The fourth-order valence-corrected chi connectivity index (χ4v) is 3.76. The summed E-state index contributed by atoms with van der Waals surface area (Å²) >= 11 is 3.68. The Balaban J connectivity index is 0.00000288. The van der Waals surface area contributed by atoms with Gasteiger partial charge in [-0.25, -0.2) is 0 Å². The van der Waals surface area contributed by atoms with Crippen molar-refractivity contribution >= 4 is 28.3 Å². The van der Waals surface area contributed by atoms with Gasteiger partial charge in [0, 0.05) is 48.7 Å². The molecule has 24 heavy (non-hydrogen) atoms. The van der Waals surface area contributed by atoms with E-state index in [0.29, 0.717) is 11.5 Å². The van der Waals surface area contributed by atoms with Crippen molar-refractivity contribution in [1.82, 2.24) is 10.2 Å². The Hall–Kier alpha value is -0.530. The number of aliphatic hydroxyl groups is 1. The van der Waals surface area contributed by atoms with Crippen LogP contribution in [-0.2, 0) is 0 Å². The molecular formula is C17H28BrClN2O3. The third-order valence-electron chi connectivity index (χ3n) is 4.46. The maximum Gasteiger partial charge on any atom is 0.161 e. The number of piperazine rings is 1. The fraction of sp³-hybridized carbons (Fsp3) is 0.647. The topological polar surface area (TPSA) is 54.0 Å². The molecule has 0 unspecified atom stereocenters. The summed E-state index contributed by atoms with van der Waals surface area (Å²) in [7, 11) is 3.28. The highest BCUT2D eigenvalue weighted by molar-refractivity contribution is 9.10. The summed E-state index contributed by atoms with van der Waals surface area (Å²) in [6.45, 7) is 8.14. The Kier molecular flexibility index (Phi) is 8.29. The molecule has 1 aliphatic rings. The summed E-state index contributed by atoms with van der Waals surface area (Å²) in [6, 6.07) is 4.05. The van der Waals surface area contributed by atoms with Crippen molar-refractivity contribution in [2.45, 2.75) is 19.9 Å². The molecule has 0 aliphatic carbocycles. The first-order valence-electron chi connectivity index (χ1n) is 7.91. The molecule has 0 radical (unpaired) electrons. The van der Waals surface area contributed by atoms with Gasteiger partial charge in [-0.15, -0.1) is 12.4 Å². The van der Waals surface area contributed by atoms with Gasteiger partial charge < -0.3 is 19.9 Å². The first-order chi connectivity index (χ1) is 10.9. The monoisotopic (exact) mass is 422 g/mol. The minimum atomic E-state index is -0.278. The van der Waals surface area contributed by atoms with Crippen molar-refractivity contribution in [3.05, 3.63) is 22.2 Å². The highest BCUT2D eigenvalue weighted by Crippen LogP contribution is 2.44. The molecule has 1 aliphatic heterocycles. The molecule has 1 heterocycles. The van der Waals surface area contributed by atoms with Crippen molar-refractivity contribution in [2.24, 2.45) is 5.41 Å². The Labute approximate surface area is 159 Å². The quantitative estimate of drug-likeness (QED) is 0.737. The van der Waals surface area contributed by atoms with E-state index in [4.69, 9.17) is 9.47 Å². The van der Waals surface area contributed by atoms with E-state index in [-0.39, 0.29) is 30.5 Å². The number of ether oxygens (including phenoxy) is 2. The second-order valence-electron chi connectivity index (χ2n) is 6.56. The highest BCUT2D eigenvalue weighted by Gasteiger charge is 2.37. The standard InChI is InChI=1S/C17H27BrN2O3.ClH/c1-17(2,11-21)16(20-7-5-19-6-8-20)12-9-14(22-3)15(23-4)10-13(12)18;/h9-10,16,19,21H,5-8,11H2,1-4H3;1H/t16-;/m0./s1. The third-order valence-corrected chi connectivity index (χ3v) is 5.15. The van der Waals surface area contributed by atoms with E-state index < -0.39 is 0 Å². The van der Waals surface area contributed by atoms with Gasteiger partial charge in [-0.2, -0.15) is 0 Å². The SMILES string of the molecule is COc1cc(Br)c([C@H](N2CCNCC2)C(C)(C)CO)cc1OC.Cl. The summed E-state index contributed by atoms with van der Waals surface area (Å²) in [6.07, 6.45) is 0. The van der Waals surface area contributed by atoms with Gasteiger partial charge in [0.05, 0.1) is 14.2 Å². The Morgan fingerprint density at radius 3 is 2.25 bits per heavy atom. The molecule has 1 saturated heterocycles. The highest BCUT2D eigenvalue weighted by atomic mass is 79.9. The van der Waals surface area contributed by atoms with Crippen molar-refractivity contribution in [3.63, 3.8) is 0 Å². The maximum atomic E-state index is 9.96. The van der Waals surface area contributed by atoms with E-state index in [2.05, 4.69) is 40.0 Å². The van der Waals surface area contributed by atoms with Crippen LogP contribution in [-0.4, -0.2) is 57.0 Å². The van der Waals surface area contributed by atoms with Crippen LogP contribution in [0.2, 0.25) is 0 Å². The lowest BCUT2D eigenvalue weighted by atomic mass is 9.79. The molecule has 5 nitrogen and oxygen atoms in total. The van der Waals surface area contributed by atoms with Crippen LogP contribution < -0.4 is 14.8 Å². The Bertz CT molecular complexity index is 537. The number of aliphatic hydroxyl groups excluding tert-OH is 1. The van der Waals surface area contributed by atoms with Crippen LogP contribution in [0, 0.1) is 5.41 Å². The number of halogens is 2. The number of nitrogens with zero attached hydrogens (tertiary/aromatic N) is 1. The van der Waals surface area contributed by atoms with Gasteiger partial charge >= 0.3 is 0 Å². The van der Waals surface area contributed by atoms with Crippen LogP contribution in [0.4, 0.5) is 0 Å². The molecule has 138 valence electrons. The van der Waals surface area contributed by atoms with E-state index in [0.717, 1.165) is 36.2 Å². The molecule has 2 N–H and O–H groups in total. The van der Waals surface area contributed by atoms with Crippen LogP contribution >= 0.6 is 28.3 Å². The predicted molar refractivity (Wildman–Crippen MR) is 103 cm³/mol. The summed E-state index contributed by atoms with van der Waals surface area (Å²) < 4.78 is 11.8. The van der Waals surface area contributed by atoms with Gasteiger partial charge in [-0.3, -0.25) is 4.90 Å². The van der Waals surface area contributed by atoms with E-state index in [1.807, 2.05) is 12.1 Å². The molecule has 1 atom stereocenters. The molecule has 0 bridgehead atoms. The number of nitrogens with one attached hydrogen (secondary N) is 1. The van der Waals surface area contributed by atoms with Crippen LogP contribution in [0.15, 0.2) is 16.6 Å². The second kappa shape index (κ2) is 9.25. The molecule has 0 saturated carbocycles. The zero-order valence-corrected chi connectivity index (χ0v) is 17.2. The number of methoxy groups -OCH3 is 2. The van der Waals surface area contributed by atoms with E-state index in [9.17, 15) is 5.11 Å². The zero-order chi connectivity index (χ0) is 17.0. The average molecular weight is 424 g/mol. The Morgan fingerprint density at radius 1 is 1.21 bits per heavy atom. The number of hydrogen-bond acceptors (Lipinski definition) is 5. The van der Waals surface area contributed by atoms with E-state index in [1.165, 1.54) is 0 Å². The van der Waals surface area contributed by atoms with Gasteiger partial charge in [0.2, 0.25) is 0 Å². The summed E-state index contributed by atoms with van der Waals surface area (Å²) in [5.41, 5.74) is 0.836. The van der Waals surface area contributed by atoms with Crippen molar-refractivity contribution in [3.8, 4) is 11.5 Å². The zero-order valence-electron chi connectivity index (χ0n) is 14.8. The van der Waals surface area contributed by atoms with Gasteiger partial charge in [-0.05, 0) is 17.7 Å². The minimum Gasteiger partial charge on any atom is -0.493 e. The van der Waals surface area contributed by atoms with Crippen molar-refractivity contribution in [2.75, 3.05) is 47.0 Å². The lowest BCUT2D eigenvalue weighted by Gasteiger charge is -2.44. The normalized spacial score (nSPS) is 17.1. The molecule has 1 aromatic rings.